The number of nitro benzene ring substituents is 1. The van der Waals surface area contributed by atoms with Crippen molar-refractivity contribution < 1.29 is 14.5 Å². The minimum Gasteiger partial charge on any atom is -0.362 e. The molecule has 164 valence electrons. The van der Waals surface area contributed by atoms with Gasteiger partial charge in [-0.15, -0.1) is 0 Å². The van der Waals surface area contributed by atoms with Crippen molar-refractivity contribution in [2.24, 2.45) is 0 Å². The summed E-state index contributed by atoms with van der Waals surface area (Å²) in [5.41, 5.74) is 1.23. The molecule has 0 aliphatic carbocycles. The molecule has 0 radical (unpaired) electrons. The summed E-state index contributed by atoms with van der Waals surface area (Å²) in [6.45, 7) is 5.26. The van der Waals surface area contributed by atoms with E-state index in [2.05, 4.69) is 5.32 Å². The summed E-state index contributed by atoms with van der Waals surface area (Å²) >= 11 is 12.0. The van der Waals surface area contributed by atoms with Gasteiger partial charge in [-0.3, -0.25) is 19.7 Å². The van der Waals surface area contributed by atoms with Gasteiger partial charge in [0.05, 0.1) is 21.0 Å². The summed E-state index contributed by atoms with van der Waals surface area (Å²) in [6.07, 6.45) is 0. The highest BCUT2D eigenvalue weighted by Crippen LogP contribution is 2.31. The van der Waals surface area contributed by atoms with Crippen molar-refractivity contribution in [3.63, 3.8) is 0 Å². The lowest BCUT2D eigenvalue weighted by atomic mass is 10.1. The van der Waals surface area contributed by atoms with Gasteiger partial charge in [-0.05, 0) is 36.8 Å². The monoisotopic (exact) mass is 464 g/mol. The van der Waals surface area contributed by atoms with E-state index in [9.17, 15) is 19.7 Å². The fraction of sp³-hybridized carbons (Fsp3) is 0.333. The van der Waals surface area contributed by atoms with Gasteiger partial charge < -0.3 is 15.1 Å². The van der Waals surface area contributed by atoms with Crippen molar-refractivity contribution in [3.05, 3.63) is 67.7 Å². The number of anilines is 1. The zero-order valence-corrected chi connectivity index (χ0v) is 18.6. The molecule has 8 nitrogen and oxygen atoms in total. The van der Waals surface area contributed by atoms with E-state index >= 15 is 0 Å². The van der Waals surface area contributed by atoms with Crippen LogP contribution in [0.1, 0.15) is 35.8 Å². The highest BCUT2D eigenvalue weighted by Gasteiger charge is 2.26. The molecule has 2 aromatic rings. The Morgan fingerprint density at radius 1 is 1.06 bits per heavy atom. The van der Waals surface area contributed by atoms with Crippen LogP contribution in [0.5, 0.6) is 0 Å². The van der Waals surface area contributed by atoms with E-state index in [1.807, 2.05) is 4.90 Å². The Bertz CT molecular complexity index is 1020. The molecule has 1 aliphatic rings. The number of hydrogen-bond acceptors (Lipinski definition) is 5. The summed E-state index contributed by atoms with van der Waals surface area (Å²) in [5.74, 6) is -0.452. The molecular formula is C21H22Cl2N4O4. The number of piperazine rings is 1. The second-order valence-electron chi connectivity index (χ2n) is 7.32. The number of rotatable bonds is 5. The standard InChI is InChI=1S/C21H22Cl2N4O4/c1-13(15-3-5-17(22)18(23)11-15)24-21(29)16-4-6-19(20(12-16)27(30)31)26-9-7-25(8-10-26)14(2)28/h3-6,11-13H,7-10H2,1-2H3,(H,24,29). The van der Waals surface area contributed by atoms with Crippen LogP contribution in [0.4, 0.5) is 11.4 Å². The SMILES string of the molecule is CC(=O)N1CCN(c2ccc(C(=O)NC(C)c3ccc(Cl)c(Cl)c3)cc2[N+](=O)[O-])CC1. The lowest BCUT2D eigenvalue weighted by molar-refractivity contribution is -0.384. The zero-order chi connectivity index (χ0) is 22.7. The van der Waals surface area contributed by atoms with E-state index in [0.717, 1.165) is 5.56 Å². The van der Waals surface area contributed by atoms with Crippen LogP contribution in [0.25, 0.3) is 0 Å². The average Bonchev–Trinajstić information content (AvgIpc) is 2.75. The van der Waals surface area contributed by atoms with Crippen LogP contribution in [0.3, 0.4) is 0 Å². The second kappa shape index (κ2) is 9.53. The third-order valence-corrected chi connectivity index (χ3v) is 6.03. The Balaban J connectivity index is 1.77. The van der Waals surface area contributed by atoms with Gasteiger partial charge in [-0.25, -0.2) is 0 Å². The summed E-state index contributed by atoms with van der Waals surface area (Å²) < 4.78 is 0. The fourth-order valence-corrected chi connectivity index (χ4v) is 3.79. The van der Waals surface area contributed by atoms with Gasteiger partial charge in [0.1, 0.15) is 5.69 Å². The smallest absolute Gasteiger partial charge is 0.293 e. The predicted octanol–water partition coefficient (Wildman–Crippen LogP) is 4.06. The van der Waals surface area contributed by atoms with Crippen molar-refractivity contribution in [3.8, 4) is 0 Å². The molecule has 1 fully saturated rings. The minimum atomic E-state index is -0.494. The van der Waals surface area contributed by atoms with Crippen LogP contribution in [-0.2, 0) is 4.79 Å². The van der Waals surface area contributed by atoms with Crippen LogP contribution < -0.4 is 10.2 Å². The predicted molar refractivity (Wildman–Crippen MR) is 120 cm³/mol. The normalized spacial score (nSPS) is 14.8. The number of carbonyl (C=O) groups is 2. The molecule has 1 atom stereocenters. The molecule has 0 spiro atoms. The van der Waals surface area contributed by atoms with E-state index in [1.165, 1.54) is 13.0 Å². The number of nitro groups is 1. The average molecular weight is 465 g/mol. The minimum absolute atomic E-state index is 0.0164. The van der Waals surface area contributed by atoms with Crippen molar-refractivity contribution in [1.82, 2.24) is 10.2 Å². The summed E-state index contributed by atoms with van der Waals surface area (Å²) in [5, 5.41) is 15.3. The lowest BCUT2D eigenvalue weighted by Crippen LogP contribution is -2.48. The molecule has 2 aromatic carbocycles. The van der Waals surface area contributed by atoms with Crippen LogP contribution in [0.2, 0.25) is 10.0 Å². The number of benzene rings is 2. The van der Waals surface area contributed by atoms with E-state index < -0.39 is 10.8 Å². The molecule has 1 unspecified atom stereocenters. The lowest BCUT2D eigenvalue weighted by Gasteiger charge is -2.35. The Hall–Kier alpha value is -2.84. The fourth-order valence-electron chi connectivity index (χ4n) is 3.49. The van der Waals surface area contributed by atoms with E-state index in [-0.39, 0.29) is 23.2 Å². The van der Waals surface area contributed by atoms with Gasteiger partial charge >= 0.3 is 0 Å². The first kappa shape index (κ1) is 22.8. The van der Waals surface area contributed by atoms with E-state index in [0.29, 0.717) is 41.9 Å². The number of amides is 2. The van der Waals surface area contributed by atoms with Crippen molar-refractivity contribution >= 4 is 46.4 Å². The Kier molecular flexibility index (Phi) is 7.02. The summed E-state index contributed by atoms with van der Waals surface area (Å²) in [7, 11) is 0. The molecule has 3 rings (SSSR count). The molecule has 1 saturated heterocycles. The highest BCUT2D eigenvalue weighted by molar-refractivity contribution is 6.42. The van der Waals surface area contributed by atoms with Crippen molar-refractivity contribution in [2.45, 2.75) is 19.9 Å². The summed E-state index contributed by atoms with van der Waals surface area (Å²) in [4.78, 5) is 39.0. The molecule has 1 N–H and O–H groups in total. The molecule has 1 heterocycles. The first-order valence-corrected chi connectivity index (χ1v) is 10.5. The molecule has 31 heavy (non-hydrogen) atoms. The Morgan fingerprint density at radius 3 is 2.32 bits per heavy atom. The van der Waals surface area contributed by atoms with Crippen LogP contribution >= 0.6 is 23.2 Å². The summed E-state index contributed by atoms with van der Waals surface area (Å²) in [6, 6.07) is 9.13. The van der Waals surface area contributed by atoms with Gasteiger partial charge in [-0.2, -0.15) is 0 Å². The molecule has 1 aliphatic heterocycles. The zero-order valence-electron chi connectivity index (χ0n) is 17.1. The highest BCUT2D eigenvalue weighted by atomic mass is 35.5. The molecule has 0 aromatic heterocycles. The molecule has 0 saturated carbocycles. The number of halogens is 2. The first-order valence-electron chi connectivity index (χ1n) is 9.72. The maximum absolute atomic E-state index is 12.7. The maximum Gasteiger partial charge on any atom is 0.293 e. The number of nitrogens with zero attached hydrogens (tertiary/aromatic N) is 3. The number of nitrogens with one attached hydrogen (secondary N) is 1. The first-order chi connectivity index (χ1) is 14.7. The molecular weight excluding hydrogens is 443 g/mol. The van der Waals surface area contributed by atoms with Crippen molar-refractivity contribution in [1.29, 1.82) is 0 Å². The molecule has 0 bridgehead atoms. The topological polar surface area (TPSA) is 95.8 Å². The third-order valence-electron chi connectivity index (χ3n) is 5.29. The van der Waals surface area contributed by atoms with Crippen molar-refractivity contribution in [2.75, 3.05) is 31.1 Å². The van der Waals surface area contributed by atoms with Crippen LogP contribution in [0.15, 0.2) is 36.4 Å². The van der Waals surface area contributed by atoms with Gasteiger partial charge in [0, 0.05) is 44.7 Å². The quantitative estimate of drug-likeness (QED) is 0.531. The second-order valence-corrected chi connectivity index (χ2v) is 8.14. The molecule has 2 amide bonds. The largest absolute Gasteiger partial charge is 0.362 e. The maximum atomic E-state index is 12.7. The Labute approximate surface area is 189 Å². The van der Waals surface area contributed by atoms with Gasteiger partial charge in [0.25, 0.3) is 11.6 Å². The van der Waals surface area contributed by atoms with Crippen LogP contribution in [0, 0.1) is 10.1 Å². The third kappa shape index (κ3) is 5.26. The Morgan fingerprint density at radius 2 is 1.74 bits per heavy atom. The number of carbonyl (C=O) groups excluding carboxylic acids is 2. The number of hydrogen-bond donors (Lipinski definition) is 1. The molecule has 10 heteroatoms. The van der Waals surface area contributed by atoms with E-state index in [1.54, 1.807) is 42.2 Å². The van der Waals surface area contributed by atoms with E-state index in [4.69, 9.17) is 23.2 Å². The van der Waals surface area contributed by atoms with Crippen LogP contribution in [-0.4, -0.2) is 47.8 Å². The van der Waals surface area contributed by atoms with Gasteiger partial charge in [-0.1, -0.05) is 29.3 Å². The van der Waals surface area contributed by atoms with Gasteiger partial charge in [0.15, 0.2) is 0 Å². The van der Waals surface area contributed by atoms with Gasteiger partial charge in [0.2, 0.25) is 5.91 Å².